The van der Waals surface area contributed by atoms with Crippen molar-refractivity contribution in [3.8, 4) is 5.75 Å². The number of thioether (sulfide) groups is 1. The predicted octanol–water partition coefficient (Wildman–Crippen LogP) is 3.37. The molecule has 132 valence electrons. The second-order valence-electron chi connectivity index (χ2n) is 5.55. The minimum absolute atomic E-state index is 0.206. The van der Waals surface area contributed by atoms with Crippen LogP contribution in [-0.2, 0) is 9.59 Å². The molecule has 0 radical (unpaired) electrons. The van der Waals surface area contributed by atoms with Crippen molar-refractivity contribution in [3.05, 3.63) is 60.2 Å². The highest BCUT2D eigenvalue weighted by Gasteiger charge is 2.26. The van der Waals surface area contributed by atoms with Crippen LogP contribution in [0.4, 0.5) is 0 Å². The Hall–Kier alpha value is -2.47. The fourth-order valence-electron chi connectivity index (χ4n) is 2.34. The molecule has 5 nitrogen and oxygen atoms in total. The lowest BCUT2D eigenvalue weighted by Crippen LogP contribution is -2.36. The first kappa shape index (κ1) is 18.9. The zero-order chi connectivity index (χ0) is 18.2. The Morgan fingerprint density at radius 2 is 1.76 bits per heavy atom. The lowest BCUT2D eigenvalue weighted by atomic mass is 9.94. The van der Waals surface area contributed by atoms with E-state index in [1.807, 2.05) is 54.6 Å². The molecule has 0 aromatic heterocycles. The number of carbonyl (C=O) groups excluding carboxylic acids is 1. The molecule has 25 heavy (non-hydrogen) atoms. The molecule has 2 rings (SSSR count). The van der Waals surface area contributed by atoms with Gasteiger partial charge in [-0.25, -0.2) is 0 Å². The van der Waals surface area contributed by atoms with E-state index in [0.717, 1.165) is 16.2 Å². The first-order chi connectivity index (χ1) is 12.0. The van der Waals surface area contributed by atoms with Gasteiger partial charge in [0.25, 0.3) is 0 Å². The summed E-state index contributed by atoms with van der Waals surface area (Å²) in [7, 11) is 1.60. The summed E-state index contributed by atoms with van der Waals surface area (Å²) >= 11 is 1.39. The highest BCUT2D eigenvalue weighted by atomic mass is 32.2. The lowest BCUT2D eigenvalue weighted by molar-refractivity contribution is -0.142. The molecule has 0 spiro atoms. The van der Waals surface area contributed by atoms with E-state index in [-0.39, 0.29) is 11.7 Å². The van der Waals surface area contributed by atoms with Crippen LogP contribution in [0.2, 0.25) is 0 Å². The van der Waals surface area contributed by atoms with Crippen LogP contribution in [-0.4, -0.2) is 29.8 Å². The SMILES string of the molecule is COc1ccc(SCC(=O)NC(c2ccccc2)C(C)C(=O)O)cc1. The Morgan fingerprint density at radius 1 is 1.12 bits per heavy atom. The van der Waals surface area contributed by atoms with Crippen molar-refractivity contribution in [2.45, 2.75) is 17.9 Å². The zero-order valence-electron chi connectivity index (χ0n) is 14.1. The summed E-state index contributed by atoms with van der Waals surface area (Å²) < 4.78 is 5.10. The van der Waals surface area contributed by atoms with Crippen molar-refractivity contribution in [2.75, 3.05) is 12.9 Å². The fourth-order valence-corrected chi connectivity index (χ4v) is 3.05. The number of rotatable bonds is 8. The summed E-state index contributed by atoms with van der Waals surface area (Å²) in [5, 5.41) is 12.2. The number of hydrogen-bond acceptors (Lipinski definition) is 4. The Morgan fingerprint density at radius 3 is 2.32 bits per heavy atom. The quantitative estimate of drug-likeness (QED) is 0.707. The highest BCUT2D eigenvalue weighted by Crippen LogP contribution is 2.24. The largest absolute Gasteiger partial charge is 0.497 e. The van der Waals surface area contributed by atoms with Crippen LogP contribution in [0.15, 0.2) is 59.5 Å². The van der Waals surface area contributed by atoms with Crippen molar-refractivity contribution < 1.29 is 19.4 Å². The Labute approximate surface area is 151 Å². The summed E-state index contributed by atoms with van der Waals surface area (Å²) in [5.41, 5.74) is 0.778. The van der Waals surface area contributed by atoms with Crippen molar-refractivity contribution in [1.82, 2.24) is 5.32 Å². The van der Waals surface area contributed by atoms with E-state index in [1.165, 1.54) is 11.8 Å². The molecule has 2 N–H and O–H groups in total. The lowest BCUT2D eigenvalue weighted by Gasteiger charge is -2.23. The molecule has 0 aliphatic rings. The van der Waals surface area contributed by atoms with Gasteiger partial charge in [-0.15, -0.1) is 11.8 Å². The number of hydrogen-bond donors (Lipinski definition) is 2. The third kappa shape index (κ3) is 5.53. The van der Waals surface area contributed by atoms with Gasteiger partial charge < -0.3 is 15.2 Å². The third-order valence-electron chi connectivity index (χ3n) is 3.79. The summed E-state index contributed by atoms with van der Waals surface area (Å²) in [5.74, 6) is -0.910. The smallest absolute Gasteiger partial charge is 0.308 e. The van der Waals surface area contributed by atoms with Crippen molar-refractivity contribution in [3.63, 3.8) is 0 Å². The summed E-state index contributed by atoms with van der Waals surface area (Å²) in [4.78, 5) is 24.6. The first-order valence-corrected chi connectivity index (χ1v) is 8.83. The van der Waals surface area contributed by atoms with Crippen LogP contribution in [0.3, 0.4) is 0 Å². The molecule has 0 fully saturated rings. The van der Waals surface area contributed by atoms with Crippen LogP contribution >= 0.6 is 11.8 Å². The maximum atomic E-state index is 12.3. The number of nitrogens with one attached hydrogen (secondary N) is 1. The van der Waals surface area contributed by atoms with Gasteiger partial charge in [-0.05, 0) is 36.8 Å². The molecular formula is C19H21NO4S. The van der Waals surface area contributed by atoms with Gasteiger partial charge in [-0.2, -0.15) is 0 Å². The zero-order valence-corrected chi connectivity index (χ0v) is 15.0. The van der Waals surface area contributed by atoms with Gasteiger partial charge >= 0.3 is 5.97 Å². The molecule has 1 amide bonds. The molecule has 0 saturated heterocycles. The molecule has 0 heterocycles. The van der Waals surface area contributed by atoms with E-state index in [9.17, 15) is 14.7 Å². The fraction of sp³-hybridized carbons (Fsp3) is 0.263. The minimum atomic E-state index is -0.947. The number of benzene rings is 2. The van der Waals surface area contributed by atoms with E-state index in [2.05, 4.69) is 5.32 Å². The van der Waals surface area contributed by atoms with Crippen LogP contribution in [0, 0.1) is 5.92 Å². The van der Waals surface area contributed by atoms with Crippen molar-refractivity contribution in [2.24, 2.45) is 5.92 Å². The molecule has 0 aliphatic carbocycles. The molecule has 2 unspecified atom stereocenters. The van der Waals surface area contributed by atoms with Gasteiger partial charge in [0.2, 0.25) is 5.91 Å². The second-order valence-corrected chi connectivity index (χ2v) is 6.60. The average Bonchev–Trinajstić information content (AvgIpc) is 2.65. The molecule has 2 atom stereocenters. The van der Waals surface area contributed by atoms with Crippen LogP contribution in [0.1, 0.15) is 18.5 Å². The summed E-state index contributed by atoms with van der Waals surface area (Å²) in [6.45, 7) is 1.59. The van der Waals surface area contributed by atoms with Gasteiger partial charge in [0, 0.05) is 4.90 Å². The summed E-state index contributed by atoms with van der Waals surface area (Å²) in [6.07, 6.45) is 0. The van der Waals surface area contributed by atoms with Crippen LogP contribution in [0.5, 0.6) is 5.75 Å². The maximum Gasteiger partial charge on any atom is 0.308 e. The van der Waals surface area contributed by atoms with Gasteiger partial charge in [0.15, 0.2) is 0 Å². The molecule has 6 heteroatoms. The third-order valence-corrected chi connectivity index (χ3v) is 4.81. The number of ether oxygens (including phenoxy) is 1. The monoisotopic (exact) mass is 359 g/mol. The number of amides is 1. The molecule has 0 aliphatic heterocycles. The molecular weight excluding hydrogens is 338 g/mol. The van der Waals surface area contributed by atoms with Crippen LogP contribution < -0.4 is 10.1 Å². The number of carbonyl (C=O) groups is 2. The van der Waals surface area contributed by atoms with Gasteiger partial charge in [-0.1, -0.05) is 30.3 Å². The second kappa shape index (κ2) is 9.13. The maximum absolute atomic E-state index is 12.3. The van der Waals surface area contributed by atoms with Gasteiger partial charge in [-0.3, -0.25) is 9.59 Å². The van der Waals surface area contributed by atoms with E-state index < -0.39 is 17.9 Å². The molecule has 0 saturated carbocycles. The first-order valence-electron chi connectivity index (χ1n) is 7.85. The van der Waals surface area contributed by atoms with E-state index in [1.54, 1.807) is 14.0 Å². The van der Waals surface area contributed by atoms with Gasteiger partial charge in [0.05, 0.1) is 24.8 Å². The molecule has 2 aromatic carbocycles. The number of aliphatic carboxylic acids is 1. The number of methoxy groups -OCH3 is 1. The molecule has 0 bridgehead atoms. The Balaban J connectivity index is 2.00. The highest BCUT2D eigenvalue weighted by molar-refractivity contribution is 8.00. The van der Waals surface area contributed by atoms with E-state index in [0.29, 0.717) is 0 Å². The summed E-state index contributed by atoms with van der Waals surface area (Å²) in [6, 6.07) is 16.0. The predicted molar refractivity (Wildman–Crippen MR) is 97.8 cm³/mol. The van der Waals surface area contributed by atoms with Crippen molar-refractivity contribution in [1.29, 1.82) is 0 Å². The standard InChI is InChI=1S/C19H21NO4S/c1-13(19(22)23)18(14-6-4-3-5-7-14)20-17(21)12-25-16-10-8-15(24-2)9-11-16/h3-11,13,18H,12H2,1-2H3,(H,20,21)(H,22,23). The van der Waals surface area contributed by atoms with Gasteiger partial charge in [0.1, 0.15) is 5.75 Å². The van der Waals surface area contributed by atoms with E-state index in [4.69, 9.17) is 4.74 Å². The van der Waals surface area contributed by atoms with Crippen molar-refractivity contribution >= 4 is 23.6 Å². The van der Waals surface area contributed by atoms with E-state index >= 15 is 0 Å². The Bertz CT molecular complexity index is 703. The minimum Gasteiger partial charge on any atom is -0.497 e. The molecule has 2 aromatic rings. The topological polar surface area (TPSA) is 75.6 Å². The van der Waals surface area contributed by atoms with Crippen LogP contribution in [0.25, 0.3) is 0 Å². The average molecular weight is 359 g/mol. The Kier molecular flexibility index (Phi) is 6.89. The number of carboxylic acid groups (broad SMARTS) is 1. The normalized spacial score (nSPS) is 12.9. The number of carboxylic acids is 1.